The quantitative estimate of drug-likeness (QED) is 0.898. The molecule has 2 aliphatic rings. The van der Waals surface area contributed by atoms with E-state index in [1.165, 1.54) is 0 Å². The Balaban J connectivity index is 1.95. The normalized spacial score (nSPS) is 27.6. The third kappa shape index (κ3) is 2.39. The summed E-state index contributed by atoms with van der Waals surface area (Å²) in [5.74, 6) is -0.0408. The number of hydrogen-bond acceptors (Lipinski definition) is 4. The maximum Gasteiger partial charge on any atom is 0.246 e. The third-order valence-electron chi connectivity index (χ3n) is 4.45. The first-order chi connectivity index (χ1) is 10.0. The lowest BCUT2D eigenvalue weighted by Gasteiger charge is -2.30. The zero-order valence-corrected chi connectivity index (χ0v) is 13.2. The molecule has 5 nitrogen and oxygen atoms in total. The van der Waals surface area contributed by atoms with E-state index in [0.717, 1.165) is 30.0 Å². The first kappa shape index (κ1) is 14.6. The van der Waals surface area contributed by atoms with Gasteiger partial charge in [-0.1, -0.05) is 11.6 Å². The Morgan fingerprint density at radius 2 is 2.24 bits per heavy atom. The summed E-state index contributed by atoms with van der Waals surface area (Å²) in [6.07, 6.45) is 1.16. The van der Waals surface area contributed by atoms with Gasteiger partial charge in [-0.05, 0) is 32.5 Å². The van der Waals surface area contributed by atoms with Crippen LogP contribution >= 0.6 is 11.6 Å². The molecule has 2 N–H and O–H groups in total. The maximum atomic E-state index is 11.9. The van der Waals surface area contributed by atoms with Crippen molar-refractivity contribution >= 4 is 28.9 Å². The molecular weight excluding hydrogens is 290 g/mol. The third-order valence-corrected chi connectivity index (χ3v) is 4.76. The number of halogens is 1. The zero-order valence-electron chi connectivity index (χ0n) is 12.4. The Hall–Kier alpha value is -1.30. The molecule has 1 saturated heterocycles. The maximum absolute atomic E-state index is 11.9. The van der Waals surface area contributed by atoms with Gasteiger partial charge >= 0.3 is 0 Å². The average Bonchev–Trinajstić information content (AvgIpc) is 2.99. The Kier molecular flexibility index (Phi) is 3.82. The molecule has 0 radical (unpaired) electrons. The van der Waals surface area contributed by atoms with Crippen LogP contribution in [0.2, 0.25) is 5.02 Å². The van der Waals surface area contributed by atoms with Crippen LogP contribution < -0.4 is 15.5 Å². The van der Waals surface area contributed by atoms with Gasteiger partial charge < -0.3 is 20.3 Å². The van der Waals surface area contributed by atoms with Crippen LogP contribution in [0.3, 0.4) is 0 Å². The molecule has 3 atom stereocenters. The second-order valence-electron chi connectivity index (χ2n) is 5.64. The number of nitrogens with zero attached hydrogens (tertiary/aromatic N) is 1. The summed E-state index contributed by atoms with van der Waals surface area (Å²) < 4.78 is 5.63. The van der Waals surface area contributed by atoms with Crippen LogP contribution in [0.15, 0.2) is 12.1 Å². The zero-order chi connectivity index (χ0) is 15.1. The smallest absolute Gasteiger partial charge is 0.246 e. The van der Waals surface area contributed by atoms with Crippen LogP contribution in [-0.2, 0) is 9.53 Å². The minimum absolute atomic E-state index is 0.0408. The summed E-state index contributed by atoms with van der Waals surface area (Å²) in [6, 6.07) is 3.81. The van der Waals surface area contributed by atoms with Crippen molar-refractivity contribution in [1.82, 2.24) is 5.32 Å². The van der Waals surface area contributed by atoms with Crippen molar-refractivity contribution in [2.75, 3.05) is 30.9 Å². The van der Waals surface area contributed by atoms with E-state index in [4.69, 9.17) is 16.3 Å². The molecule has 1 aromatic rings. The number of fused-ring (bicyclic) bond motifs is 1. The van der Waals surface area contributed by atoms with Crippen LogP contribution in [-0.4, -0.2) is 38.8 Å². The molecule has 0 bridgehead atoms. The molecule has 1 amide bonds. The second-order valence-corrected chi connectivity index (χ2v) is 6.05. The van der Waals surface area contributed by atoms with Gasteiger partial charge in [0.2, 0.25) is 5.91 Å². The molecule has 21 heavy (non-hydrogen) atoms. The largest absolute Gasteiger partial charge is 0.376 e. The fourth-order valence-electron chi connectivity index (χ4n) is 3.23. The Bertz CT molecular complexity index is 578. The van der Waals surface area contributed by atoms with Gasteiger partial charge in [0.1, 0.15) is 6.04 Å². The summed E-state index contributed by atoms with van der Waals surface area (Å²) in [4.78, 5) is 14.1. The summed E-state index contributed by atoms with van der Waals surface area (Å²) in [5, 5.41) is 6.57. The monoisotopic (exact) mass is 309 g/mol. The molecule has 2 aliphatic heterocycles. The predicted molar refractivity (Wildman–Crippen MR) is 84.1 cm³/mol. The summed E-state index contributed by atoms with van der Waals surface area (Å²) >= 11 is 6.45. The summed E-state index contributed by atoms with van der Waals surface area (Å²) in [6.45, 7) is 2.85. The molecular formula is C15H20ClN3O2. The first-order valence-electron chi connectivity index (χ1n) is 7.19. The number of amides is 1. The molecule has 1 aromatic carbocycles. The molecule has 6 heteroatoms. The van der Waals surface area contributed by atoms with Crippen molar-refractivity contribution < 1.29 is 9.53 Å². The molecule has 0 aromatic heterocycles. The van der Waals surface area contributed by atoms with Crippen molar-refractivity contribution in [1.29, 1.82) is 0 Å². The number of likely N-dealkylation sites (N-methyl/N-ethyl adjacent to an activating group) is 2. The van der Waals surface area contributed by atoms with Crippen LogP contribution in [0, 0.1) is 0 Å². The molecule has 0 saturated carbocycles. The number of anilines is 2. The Morgan fingerprint density at radius 1 is 1.48 bits per heavy atom. The molecule has 3 rings (SSSR count). The van der Waals surface area contributed by atoms with Gasteiger partial charge in [-0.3, -0.25) is 4.79 Å². The highest BCUT2D eigenvalue weighted by Gasteiger charge is 2.33. The Labute approximate surface area is 129 Å². The Morgan fingerprint density at radius 3 is 2.86 bits per heavy atom. The molecule has 0 aliphatic carbocycles. The number of rotatable bonds is 3. The first-order valence-corrected chi connectivity index (χ1v) is 7.56. The van der Waals surface area contributed by atoms with Crippen LogP contribution in [0.5, 0.6) is 0 Å². The van der Waals surface area contributed by atoms with E-state index in [-0.39, 0.29) is 18.1 Å². The predicted octanol–water partition coefficient (Wildman–Crippen LogP) is 2.17. The van der Waals surface area contributed by atoms with Gasteiger partial charge in [-0.15, -0.1) is 0 Å². The number of carbonyl (C=O) groups is 1. The van der Waals surface area contributed by atoms with Gasteiger partial charge in [0.25, 0.3) is 0 Å². The standard InChI is InChI=1S/C15H20ClN3O2/c1-8-12(4-5-21-8)19(3)13-7-11-9(6-10(13)16)14(17-2)15(20)18-11/h6-8,12,14,17H,4-5H2,1-3H3,(H,18,20). The molecule has 1 fully saturated rings. The van der Waals surface area contributed by atoms with E-state index in [9.17, 15) is 4.79 Å². The highest BCUT2D eigenvalue weighted by atomic mass is 35.5. The fourth-order valence-corrected chi connectivity index (χ4v) is 3.54. The van der Waals surface area contributed by atoms with E-state index in [2.05, 4.69) is 22.5 Å². The number of carbonyl (C=O) groups excluding carboxylic acids is 1. The van der Waals surface area contributed by atoms with E-state index < -0.39 is 0 Å². The van der Waals surface area contributed by atoms with Gasteiger partial charge in [-0.25, -0.2) is 0 Å². The van der Waals surface area contributed by atoms with Crippen molar-refractivity contribution in [3.8, 4) is 0 Å². The van der Waals surface area contributed by atoms with Crippen LogP contribution in [0.4, 0.5) is 11.4 Å². The van der Waals surface area contributed by atoms with Gasteiger partial charge in [0.15, 0.2) is 0 Å². The van der Waals surface area contributed by atoms with E-state index in [0.29, 0.717) is 11.1 Å². The highest BCUT2D eigenvalue weighted by molar-refractivity contribution is 6.33. The van der Waals surface area contributed by atoms with Crippen molar-refractivity contribution in [3.63, 3.8) is 0 Å². The fraction of sp³-hybridized carbons (Fsp3) is 0.533. The van der Waals surface area contributed by atoms with Crippen molar-refractivity contribution in [3.05, 3.63) is 22.7 Å². The van der Waals surface area contributed by atoms with Gasteiger partial charge in [0.05, 0.1) is 22.9 Å². The minimum atomic E-state index is -0.328. The molecule has 3 unspecified atom stereocenters. The van der Waals surface area contributed by atoms with E-state index >= 15 is 0 Å². The number of hydrogen-bond donors (Lipinski definition) is 2. The summed E-state index contributed by atoms with van der Waals surface area (Å²) in [5.41, 5.74) is 2.66. The lowest BCUT2D eigenvalue weighted by molar-refractivity contribution is -0.117. The lowest BCUT2D eigenvalue weighted by atomic mass is 10.1. The van der Waals surface area contributed by atoms with E-state index in [1.54, 1.807) is 7.05 Å². The number of nitrogens with one attached hydrogen (secondary N) is 2. The van der Waals surface area contributed by atoms with E-state index in [1.807, 2.05) is 19.2 Å². The highest BCUT2D eigenvalue weighted by Crippen LogP contribution is 2.39. The van der Waals surface area contributed by atoms with Crippen molar-refractivity contribution in [2.45, 2.75) is 31.5 Å². The van der Waals surface area contributed by atoms with Crippen LogP contribution in [0.25, 0.3) is 0 Å². The van der Waals surface area contributed by atoms with Gasteiger partial charge in [-0.2, -0.15) is 0 Å². The van der Waals surface area contributed by atoms with Gasteiger partial charge in [0, 0.05) is 24.9 Å². The second kappa shape index (κ2) is 5.48. The minimum Gasteiger partial charge on any atom is -0.376 e. The molecule has 2 heterocycles. The molecule has 114 valence electrons. The SMILES string of the molecule is CNC1C(=O)Nc2cc(N(C)C3CCOC3C)c(Cl)cc21. The molecule has 0 spiro atoms. The number of ether oxygens (including phenoxy) is 1. The number of benzene rings is 1. The average molecular weight is 310 g/mol. The van der Waals surface area contributed by atoms with Crippen LogP contribution in [0.1, 0.15) is 24.9 Å². The summed E-state index contributed by atoms with van der Waals surface area (Å²) in [7, 11) is 3.79. The topological polar surface area (TPSA) is 53.6 Å². The van der Waals surface area contributed by atoms with Crippen molar-refractivity contribution in [2.24, 2.45) is 0 Å². The lowest BCUT2D eigenvalue weighted by Crippen LogP contribution is -2.36.